The summed E-state index contributed by atoms with van der Waals surface area (Å²) in [5.74, 6) is -2.32. The molecule has 0 bridgehead atoms. The largest absolute Gasteiger partial charge is 0.312 e. The number of hydrogen-bond acceptors (Lipinski definition) is 1. The molecule has 1 aliphatic rings. The van der Waals surface area contributed by atoms with Gasteiger partial charge in [-0.3, -0.25) is 0 Å². The van der Waals surface area contributed by atoms with Gasteiger partial charge in [-0.1, -0.05) is 38.5 Å². The lowest BCUT2D eigenvalue weighted by Gasteiger charge is -2.27. The SMILES string of the molecule is CNC(C)C(F)(F)CC1CCCCCC1. The van der Waals surface area contributed by atoms with Crippen LogP contribution in [0.25, 0.3) is 0 Å². The molecule has 1 N–H and O–H groups in total. The van der Waals surface area contributed by atoms with Crippen molar-refractivity contribution < 1.29 is 8.78 Å². The first-order valence-corrected chi connectivity index (χ1v) is 6.11. The lowest BCUT2D eigenvalue weighted by atomic mass is 9.91. The van der Waals surface area contributed by atoms with Gasteiger partial charge in [0.25, 0.3) is 5.92 Å². The van der Waals surface area contributed by atoms with Gasteiger partial charge in [0.2, 0.25) is 0 Å². The minimum atomic E-state index is -2.55. The second kappa shape index (κ2) is 5.78. The molecule has 0 aromatic heterocycles. The first kappa shape index (κ1) is 12.9. The lowest BCUT2D eigenvalue weighted by molar-refractivity contribution is -0.0519. The molecule has 1 unspecified atom stereocenters. The van der Waals surface area contributed by atoms with E-state index in [1.165, 1.54) is 12.8 Å². The van der Waals surface area contributed by atoms with Gasteiger partial charge in [0.15, 0.2) is 0 Å². The van der Waals surface area contributed by atoms with Crippen LogP contribution in [0.15, 0.2) is 0 Å². The highest BCUT2D eigenvalue weighted by Gasteiger charge is 2.37. The van der Waals surface area contributed by atoms with E-state index in [1.807, 2.05) is 0 Å². The van der Waals surface area contributed by atoms with Crippen molar-refractivity contribution in [1.29, 1.82) is 0 Å². The number of alkyl halides is 2. The summed E-state index contributed by atoms with van der Waals surface area (Å²) in [6, 6.07) is -0.708. The van der Waals surface area contributed by atoms with Gasteiger partial charge < -0.3 is 5.32 Å². The van der Waals surface area contributed by atoms with Crippen molar-refractivity contribution in [3.8, 4) is 0 Å². The zero-order chi connectivity index (χ0) is 11.3. The van der Waals surface area contributed by atoms with Crippen LogP contribution in [-0.4, -0.2) is 19.0 Å². The third kappa shape index (κ3) is 4.06. The Labute approximate surface area is 91.6 Å². The molecule has 0 heterocycles. The van der Waals surface area contributed by atoms with Crippen LogP contribution in [0.4, 0.5) is 8.78 Å². The summed E-state index contributed by atoms with van der Waals surface area (Å²) in [6.45, 7) is 1.57. The average molecular weight is 219 g/mol. The second-order valence-corrected chi connectivity index (χ2v) is 4.83. The number of nitrogens with one attached hydrogen (secondary N) is 1. The Morgan fingerprint density at radius 2 is 1.73 bits per heavy atom. The fraction of sp³-hybridized carbons (Fsp3) is 1.00. The van der Waals surface area contributed by atoms with Crippen LogP contribution in [0.2, 0.25) is 0 Å². The molecule has 1 rings (SSSR count). The predicted molar refractivity (Wildman–Crippen MR) is 59.3 cm³/mol. The number of hydrogen-bond donors (Lipinski definition) is 1. The summed E-state index contributed by atoms with van der Waals surface area (Å²) in [7, 11) is 1.60. The van der Waals surface area contributed by atoms with Gasteiger partial charge >= 0.3 is 0 Å². The summed E-state index contributed by atoms with van der Waals surface area (Å²) in [5.41, 5.74) is 0. The van der Waals surface area contributed by atoms with Crippen LogP contribution in [0.5, 0.6) is 0 Å². The smallest absolute Gasteiger partial charge is 0.263 e. The van der Waals surface area contributed by atoms with Crippen molar-refractivity contribution >= 4 is 0 Å². The maximum Gasteiger partial charge on any atom is 0.263 e. The Hall–Kier alpha value is -0.180. The predicted octanol–water partition coefficient (Wildman–Crippen LogP) is 3.59. The maximum absolute atomic E-state index is 13.7. The third-order valence-corrected chi connectivity index (χ3v) is 3.60. The average Bonchev–Trinajstić information content (AvgIpc) is 2.44. The summed E-state index contributed by atoms with van der Waals surface area (Å²) in [5, 5.41) is 2.66. The van der Waals surface area contributed by atoms with E-state index < -0.39 is 12.0 Å². The summed E-state index contributed by atoms with van der Waals surface area (Å²) >= 11 is 0. The van der Waals surface area contributed by atoms with Gasteiger partial charge in [0.1, 0.15) is 0 Å². The second-order valence-electron chi connectivity index (χ2n) is 4.83. The normalized spacial score (nSPS) is 22.4. The molecule has 0 aromatic rings. The maximum atomic E-state index is 13.7. The first-order chi connectivity index (χ1) is 7.06. The van der Waals surface area contributed by atoms with E-state index in [2.05, 4.69) is 5.32 Å². The summed E-state index contributed by atoms with van der Waals surface area (Å²) in [4.78, 5) is 0. The molecule has 1 atom stereocenters. The van der Waals surface area contributed by atoms with Crippen molar-refractivity contribution in [2.24, 2.45) is 5.92 Å². The van der Waals surface area contributed by atoms with E-state index in [1.54, 1.807) is 14.0 Å². The third-order valence-electron chi connectivity index (χ3n) is 3.60. The monoisotopic (exact) mass is 219 g/mol. The Morgan fingerprint density at radius 3 is 2.20 bits per heavy atom. The molecular weight excluding hydrogens is 196 g/mol. The minimum absolute atomic E-state index is 0.0645. The fourth-order valence-electron chi connectivity index (χ4n) is 2.34. The molecule has 1 nitrogen and oxygen atoms in total. The molecular formula is C12H23F2N. The highest BCUT2D eigenvalue weighted by molar-refractivity contribution is 4.82. The standard InChI is InChI=1S/C12H23F2N/c1-10(15-2)12(13,14)9-11-7-5-3-4-6-8-11/h10-11,15H,3-9H2,1-2H3. The van der Waals surface area contributed by atoms with Gasteiger partial charge in [-0.15, -0.1) is 0 Å². The molecule has 0 radical (unpaired) electrons. The van der Waals surface area contributed by atoms with Crippen LogP contribution < -0.4 is 5.32 Å². The van der Waals surface area contributed by atoms with Gasteiger partial charge in [0, 0.05) is 6.42 Å². The van der Waals surface area contributed by atoms with Gasteiger partial charge in [-0.25, -0.2) is 8.78 Å². The van der Waals surface area contributed by atoms with Gasteiger partial charge in [-0.2, -0.15) is 0 Å². The summed E-state index contributed by atoms with van der Waals surface area (Å²) < 4.78 is 27.3. The van der Waals surface area contributed by atoms with Crippen LogP contribution in [0, 0.1) is 5.92 Å². The highest BCUT2D eigenvalue weighted by atomic mass is 19.3. The van der Waals surface area contributed by atoms with Crippen LogP contribution in [0.3, 0.4) is 0 Å². The molecule has 3 heteroatoms. The Bertz CT molecular complexity index is 174. The molecule has 1 aliphatic carbocycles. The van der Waals surface area contributed by atoms with E-state index in [-0.39, 0.29) is 12.3 Å². The van der Waals surface area contributed by atoms with E-state index in [0.717, 1.165) is 25.7 Å². The molecule has 1 saturated carbocycles. The molecule has 90 valence electrons. The van der Waals surface area contributed by atoms with E-state index in [9.17, 15) is 8.78 Å². The molecule has 0 amide bonds. The van der Waals surface area contributed by atoms with E-state index in [0.29, 0.717) is 0 Å². The Morgan fingerprint density at radius 1 is 1.20 bits per heavy atom. The Kier molecular flexibility index (Phi) is 4.97. The topological polar surface area (TPSA) is 12.0 Å². The van der Waals surface area contributed by atoms with Crippen molar-refractivity contribution in [3.63, 3.8) is 0 Å². The molecule has 0 spiro atoms. The van der Waals surface area contributed by atoms with Gasteiger partial charge in [0.05, 0.1) is 6.04 Å². The molecule has 0 aromatic carbocycles. The van der Waals surface area contributed by atoms with Crippen molar-refractivity contribution in [1.82, 2.24) is 5.32 Å². The molecule has 0 saturated heterocycles. The van der Waals surface area contributed by atoms with Gasteiger partial charge in [-0.05, 0) is 19.9 Å². The molecule has 0 aliphatic heterocycles. The van der Waals surface area contributed by atoms with E-state index in [4.69, 9.17) is 0 Å². The first-order valence-electron chi connectivity index (χ1n) is 6.11. The van der Waals surface area contributed by atoms with Crippen LogP contribution >= 0.6 is 0 Å². The van der Waals surface area contributed by atoms with Crippen molar-refractivity contribution in [2.45, 2.75) is 63.8 Å². The quantitative estimate of drug-likeness (QED) is 0.712. The molecule has 15 heavy (non-hydrogen) atoms. The van der Waals surface area contributed by atoms with Crippen molar-refractivity contribution in [3.05, 3.63) is 0 Å². The van der Waals surface area contributed by atoms with Crippen LogP contribution in [0.1, 0.15) is 51.9 Å². The minimum Gasteiger partial charge on any atom is -0.312 e. The zero-order valence-electron chi connectivity index (χ0n) is 9.86. The number of halogens is 2. The number of rotatable bonds is 4. The van der Waals surface area contributed by atoms with Crippen molar-refractivity contribution in [2.75, 3.05) is 7.05 Å². The van der Waals surface area contributed by atoms with Crippen LogP contribution in [-0.2, 0) is 0 Å². The highest BCUT2D eigenvalue weighted by Crippen LogP contribution is 2.34. The van der Waals surface area contributed by atoms with E-state index >= 15 is 0 Å². The lowest BCUT2D eigenvalue weighted by Crippen LogP contribution is -2.42. The molecule has 1 fully saturated rings. The fourth-order valence-corrected chi connectivity index (χ4v) is 2.34. The Balaban J connectivity index is 2.43. The zero-order valence-corrected chi connectivity index (χ0v) is 9.86. The summed E-state index contributed by atoms with van der Waals surface area (Å²) in [6.07, 6.45) is 6.77.